The molecule has 0 aromatic carbocycles. The number of nitrogens with one attached hydrogen (secondary N) is 1. The van der Waals surface area contributed by atoms with Crippen LogP contribution in [-0.2, 0) is 27.7 Å². The predicted molar refractivity (Wildman–Crippen MR) is 110 cm³/mol. The molecule has 1 aromatic rings. The Balaban J connectivity index is 0.000000423. The van der Waals surface area contributed by atoms with Crippen LogP contribution in [0.4, 0.5) is 24.9 Å². The van der Waals surface area contributed by atoms with Crippen molar-refractivity contribution >= 4 is 27.8 Å². The molecule has 3 heterocycles. The van der Waals surface area contributed by atoms with Gasteiger partial charge in [0.2, 0.25) is 16.0 Å². The third kappa shape index (κ3) is 7.20. The van der Waals surface area contributed by atoms with Crippen LogP contribution in [0.2, 0.25) is 0 Å². The third-order valence-electron chi connectivity index (χ3n) is 4.82. The first-order valence-electron chi connectivity index (χ1n) is 9.95. The molecule has 1 saturated heterocycles. The fourth-order valence-corrected chi connectivity index (χ4v) is 4.19. The Labute approximate surface area is 179 Å². The number of hydrogen-bond acceptors (Lipinski definition) is 7. The van der Waals surface area contributed by atoms with Gasteiger partial charge in [0.15, 0.2) is 0 Å². The molecule has 0 atom stereocenters. The minimum absolute atomic E-state index is 0.268. The molecule has 0 bridgehead atoms. The zero-order valence-electron chi connectivity index (χ0n) is 17.7. The summed E-state index contributed by atoms with van der Waals surface area (Å²) in [5.41, 5.74) is 2.05. The summed E-state index contributed by atoms with van der Waals surface area (Å²) < 4.78 is 57.1. The summed E-state index contributed by atoms with van der Waals surface area (Å²) in [6, 6.07) is 0.268. The summed E-state index contributed by atoms with van der Waals surface area (Å²) in [7, 11) is -3.17. The number of carboxylic acid groups (broad SMARTS) is 1. The summed E-state index contributed by atoms with van der Waals surface area (Å²) >= 11 is 0. The molecule has 31 heavy (non-hydrogen) atoms. The van der Waals surface area contributed by atoms with Crippen molar-refractivity contribution in [3.8, 4) is 0 Å². The molecule has 0 aliphatic carbocycles. The highest BCUT2D eigenvalue weighted by atomic mass is 32.2. The van der Waals surface area contributed by atoms with Crippen LogP contribution >= 0.6 is 0 Å². The fraction of sp³-hybridized carbons (Fsp3) is 0.722. The first-order valence-corrected chi connectivity index (χ1v) is 11.8. The van der Waals surface area contributed by atoms with Gasteiger partial charge in [0.1, 0.15) is 5.82 Å². The van der Waals surface area contributed by atoms with E-state index in [2.05, 4.69) is 24.1 Å². The number of carboxylic acids is 1. The van der Waals surface area contributed by atoms with E-state index >= 15 is 0 Å². The average molecular weight is 468 g/mol. The van der Waals surface area contributed by atoms with E-state index in [-0.39, 0.29) is 6.04 Å². The van der Waals surface area contributed by atoms with Gasteiger partial charge in [-0.3, -0.25) is 0 Å². The number of carbonyl (C=O) groups is 1. The summed E-state index contributed by atoms with van der Waals surface area (Å²) in [6.45, 7) is 7.15. The Kier molecular flexibility index (Phi) is 8.09. The van der Waals surface area contributed by atoms with E-state index in [1.807, 2.05) is 0 Å². The van der Waals surface area contributed by atoms with Gasteiger partial charge < -0.3 is 15.3 Å². The Morgan fingerprint density at radius 3 is 2.13 bits per heavy atom. The highest BCUT2D eigenvalue weighted by molar-refractivity contribution is 7.88. The third-order valence-corrected chi connectivity index (χ3v) is 6.12. The Hall–Kier alpha value is -2.15. The van der Waals surface area contributed by atoms with Crippen LogP contribution in [0.3, 0.4) is 0 Å². The monoisotopic (exact) mass is 467 g/mol. The molecular weight excluding hydrogens is 439 g/mol. The van der Waals surface area contributed by atoms with Crippen molar-refractivity contribution in [2.45, 2.75) is 51.7 Å². The Morgan fingerprint density at radius 1 is 1.10 bits per heavy atom. The molecule has 0 radical (unpaired) electrons. The molecule has 1 fully saturated rings. The van der Waals surface area contributed by atoms with Crippen molar-refractivity contribution in [2.75, 3.05) is 42.7 Å². The van der Waals surface area contributed by atoms with Crippen molar-refractivity contribution in [2.24, 2.45) is 0 Å². The predicted octanol–water partition coefficient (Wildman–Crippen LogP) is 1.89. The molecule has 9 nitrogen and oxygen atoms in total. The number of rotatable bonds is 4. The molecule has 176 valence electrons. The summed E-state index contributed by atoms with van der Waals surface area (Å²) in [5.74, 6) is -1.11. The number of fused-ring (bicyclic) bond motifs is 1. The molecule has 2 aliphatic heterocycles. The molecule has 2 N–H and O–H groups in total. The Morgan fingerprint density at radius 2 is 1.65 bits per heavy atom. The largest absolute Gasteiger partial charge is 0.490 e. The topological polar surface area (TPSA) is 116 Å². The number of anilines is 2. The highest BCUT2D eigenvalue weighted by Gasteiger charge is 2.38. The van der Waals surface area contributed by atoms with Crippen molar-refractivity contribution in [3.05, 3.63) is 11.3 Å². The van der Waals surface area contributed by atoms with Crippen LogP contribution in [0.5, 0.6) is 0 Å². The van der Waals surface area contributed by atoms with Crippen LogP contribution in [0.25, 0.3) is 0 Å². The maximum atomic E-state index is 11.9. The van der Waals surface area contributed by atoms with Crippen LogP contribution in [0.15, 0.2) is 0 Å². The summed E-state index contributed by atoms with van der Waals surface area (Å²) in [6.07, 6.45) is -0.168. The molecule has 0 unspecified atom stereocenters. The number of alkyl halides is 3. The zero-order valence-corrected chi connectivity index (χ0v) is 18.6. The molecule has 3 rings (SSSR count). The van der Waals surface area contributed by atoms with Gasteiger partial charge in [-0.15, -0.1) is 0 Å². The number of hydrogen-bond donors (Lipinski definition) is 2. The second kappa shape index (κ2) is 9.98. The van der Waals surface area contributed by atoms with Gasteiger partial charge in [0.05, 0.1) is 11.9 Å². The van der Waals surface area contributed by atoms with Crippen molar-refractivity contribution in [3.63, 3.8) is 0 Å². The first-order chi connectivity index (χ1) is 14.3. The lowest BCUT2D eigenvalue weighted by Crippen LogP contribution is -2.32. The van der Waals surface area contributed by atoms with Crippen molar-refractivity contribution < 1.29 is 31.5 Å². The molecule has 1 aromatic heterocycles. The lowest BCUT2D eigenvalue weighted by Gasteiger charge is -2.21. The molecule has 2 aliphatic rings. The number of aromatic nitrogens is 2. The Bertz CT molecular complexity index is 887. The first kappa shape index (κ1) is 25.1. The SMILES string of the molecule is CC(C)Nc1nc(N2CCCC2)nc2c1CCN(S(C)(=O)=O)CC2.O=C(O)C(F)(F)F. The lowest BCUT2D eigenvalue weighted by molar-refractivity contribution is -0.192. The van der Waals surface area contributed by atoms with E-state index in [1.54, 1.807) is 4.31 Å². The second-order valence-corrected chi connectivity index (χ2v) is 9.74. The van der Waals surface area contributed by atoms with Crippen LogP contribution in [-0.4, -0.2) is 78.4 Å². The van der Waals surface area contributed by atoms with Crippen LogP contribution in [0, 0.1) is 0 Å². The van der Waals surface area contributed by atoms with Crippen LogP contribution in [0.1, 0.15) is 37.9 Å². The summed E-state index contributed by atoms with van der Waals surface area (Å²) in [4.78, 5) is 20.7. The maximum Gasteiger partial charge on any atom is 0.490 e. The molecule has 0 spiro atoms. The minimum Gasteiger partial charge on any atom is -0.475 e. The zero-order chi connectivity index (χ0) is 23.4. The molecule has 0 saturated carbocycles. The second-order valence-electron chi connectivity index (χ2n) is 7.76. The number of halogens is 3. The van der Waals surface area contributed by atoms with E-state index < -0.39 is 22.2 Å². The van der Waals surface area contributed by atoms with Gasteiger partial charge in [-0.05, 0) is 33.1 Å². The van der Waals surface area contributed by atoms with Gasteiger partial charge in [-0.2, -0.15) is 18.2 Å². The smallest absolute Gasteiger partial charge is 0.475 e. The van der Waals surface area contributed by atoms with Crippen molar-refractivity contribution in [1.82, 2.24) is 14.3 Å². The van der Waals surface area contributed by atoms with Gasteiger partial charge in [-0.25, -0.2) is 22.5 Å². The summed E-state index contributed by atoms with van der Waals surface area (Å²) in [5, 5.41) is 10.6. The van der Waals surface area contributed by atoms with E-state index in [4.69, 9.17) is 19.9 Å². The van der Waals surface area contributed by atoms with Gasteiger partial charge >= 0.3 is 12.1 Å². The highest BCUT2D eigenvalue weighted by Crippen LogP contribution is 2.27. The number of aliphatic carboxylic acids is 1. The molecular formula is C18H28F3N5O4S. The van der Waals surface area contributed by atoms with E-state index in [9.17, 15) is 21.6 Å². The van der Waals surface area contributed by atoms with Gasteiger partial charge in [-0.1, -0.05) is 0 Å². The normalized spacial score (nSPS) is 17.6. The van der Waals surface area contributed by atoms with Gasteiger partial charge in [0, 0.05) is 44.2 Å². The van der Waals surface area contributed by atoms with Gasteiger partial charge in [0.25, 0.3) is 0 Å². The number of sulfonamides is 1. The quantitative estimate of drug-likeness (QED) is 0.690. The van der Waals surface area contributed by atoms with Crippen molar-refractivity contribution in [1.29, 1.82) is 0 Å². The standard InChI is InChI=1S/C16H27N5O2S.C2HF3O2/c1-12(2)17-15-13-6-10-21(24(3,22)23)11-7-14(13)18-16(19-15)20-8-4-5-9-20;3-2(4,5)1(6)7/h12H,4-11H2,1-3H3,(H,17,18,19);(H,6,7). The molecule has 0 amide bonds. The van der Waals surface area contributed by atoms with Crippen LogP contribution < -0.4 is 10.2 Å². The lowest BCUT2D eigenvalue weighted by atomic mass is 10.1. The van der Waals surface area contributed by atoms with E-state index in [0.29, 0.717) is 25.9 Å². The average Bonchev–Trinajstić information content (AvgIpc) is 3.06. The number of nitrogens with zero attached hydrogens (tertiary/aromatic N) is 4. The minimum atomic E-state index is -5.08. The van der Waals surface area contributed by atoms with E-state index in [0.717, 1.165) is 36.1 Å². The maximum absolute atomic E-state index is 11.9. The van der Waals surface area contributed by atoms with E-state index in [1.165, 1.54) is 19.1 Å². The fourth-order valence-electron chi connectivity index (χ4n) is 3.35. The molecule has 13 heteroatoms.